The average molecular weight is 333 g/mol. The first kappa shape index (κ1) is 15.5. The quantitative estimate of drug-likeness (QED) is 0.847. The summed E-state index contributed by atoms with van der Waals surface area (Å²) in [5.41, 5.74) is 5.00. The Morgan fingerprint density at radius 3 is 2.43 bits per heavy atom. The van der Waals surface area contributed by atoms with Crippen LogP contribution in [0.15, 0.2) is 35.2 Å². The topological polar surface area (TPSA) is 72.2 Å². The van der Waals surface area contributed by atoms with Gasteiger partial charge < -0.3 is 5.73 Å². The van der Waals surface area contributed by atoms with Crippen LogP contribution >= 0.6 is 11.6 Å². The second kappa shape index (κ2) is 5.50. The Balaban J connectivity index is 2.48. The van der Waals surface area contributed by atoms with Crippen LogP contribution in [0.1, 0.15) is 5.56 Å². The van der Waals surface area contributed by atoms with Crippen molar-refractivity contribution in [2.24, 2.45) is 0 Å². The monoisotopic (exact) mass is 332 g/mol. The Morgan fingerprint density at radius 1 is 1.14 bits per heavy atom. The van der Waals surface area contributed by atoms with Crippen LogP contribution in [0, 0.1) is 18.6 Å². The molecular formula is C13H11ClF2N2O2S. The van der Waals surface area contributed by atoms with Crippen molar-refractivity contribution in [3.05, 3.63) is 52.6 Å². The molecule has 0 radical (unpaired) electrons. The maximum Gasteiger partial charge on any atom is 0.262 e. The summed E-state index contributed by atoms with van der Waals surface area (Å²) in [6.45, 7) is 1.29. The Morgan fingerprint density at radius 2 is 1.81 bits per heavy atom. The summed E-state index contributed by atoms with van der Waals surface area (Å²) in [6, 6.07) is 5.58. The van der Waals surface area contributed by atoms with Crippen LogP contribution in [0.2, 0.25) is 5.02 Å². The third-order valence-corrected chi connectivity index (χ3v) is 4.51. The van der Waals surface area contributed by atoms with Gasteiger partial charge in [-0.1, -0.05) is 11.6 Å². The standard InChI is InChI=1S/C13H11ClF2N2O2S/c1-7-10(15)5-9(17)6-13(7)21(19,20)18-12-3-2-8(14)4-11(12)16/h2-6,18H,17H2,1H3. The van der Waals surface area contributed by atoms with Crippen molar-refractivity contribution >= 4 is 33.0 Å². The molecule has 2 aromatic rings. The smallest absolute Gasteiger partial charge is 0.262 e. The van der Waals surface area contributed by atoms with E-state index in [-0.39, 0.29) is 26.9 Å². The van der Waals surface area contributed by atoms with Crippen LogP contribution in [0.3, 0.4) is 0 Å². The Kier molecular flexibility index (Phi) is 4.06. The van der Waals surface area contributed by atoms with E-state index in [9.17, 15) is 17.2 Å². The van der Waals surface area contributed by atoms with Crippen molar-refractivity contribution in [1.82, 2.24) is 0 Å². The lowest BCUT2D eigenvalue weighted by atomic mass is 10.2. The Bertz CT molecular complexity index is 810. The normalized spacial score (nSPS) is 11.4. The van der Waals surface area contributed by atoms with Gasteiger partial charge in [0.15, 0.2) is 0 Å². The summed E-state index contributed by atoms with van der Waals surface area (Å²) in [6.07, 6.45) is 0. The molecule has 0 unspecified atom stereocenters. The highest BCUT2D eigenvalue weighted by molar-refractivity contribution is 7.92. The van der Waals surface area contributed by atoms with E-state index in [2.05, 4.69) is 0 Å². The number of halogens is 3. The molecule has 0 spiro atoms. The molecule has 2 rings (SSSR count). The predicted molar refractivity (Wildman–Crippen MR) is 77.8 cm³/mol. The number of hydrogen-bond acceptors (Lipinski definition) is 3. The predicted octanol–water partition coefficient (Wildman–Crippen LogP) is 3.31. The van der Waals surface area contributed by atoms with Crippen LogP contribution in [-0.4, -0.2) is 8.42 Å². The molecule has 0 aliphatic carbocycles. The van der Waals surface area contributed by atoms with Crippen molar-refractivity contribution in [1.29, 1.82) is 0 Å². The summed E-state index contributed by atoms with van der Waals surface area (Å²) >= 11 is 5.59. The molecule has 4 nitrogen and oxygen atoms in total. The van der Waals surface area contributed by atoms with Gasteiger partial charge in [-0.05, 0) is 37.3 Å². The van der Waals surface area contributed by atoms with Crippen LogP contribution < -0.4 is 10.5 Å². The van der Waals surface area contributed by atoms with Crippen LogP contribution in [-0.2, 0) is 10.0 Å². The highest BCUT2D eigenvalue weighted by atomic mass is 35.5. The van der Waals surface area contributed by atoms with Gasteiger partial charge in [0, 0.05) is 16.3 Å². The van der Waals surface area contributed by atoms with E-state index in [4.69, 9.17) is 17.3 Å². The van der Waals surface area contributed by atoms with E-state index >= 15 is 0 Å². The maximum absolute atomic E-state index is 13.6. The molecule has 0 atom stereocenters. The molecule has 8 heteroatoms. The number of rotatable bonds is 3. The molecular weight excluding hydrogens is 322 g/mol. The molecule has 0 aromatic heterocycles. The fraction of sp³-hybridized carbons (Fsp3) is 0.0769. The van der Waals surface area contributed by atoms with Gasteiger partial charge in [0.1, 0.15) is 11.6 Å². The minimum atomic E-state index is -4.18. The van der Waals surface area contributed by atoms with Crippen molar-refractivity contribution in [2.75, 3.05) is 10.5 Å². The number of anilines is 2. The van der Waals surface area contributed by atoms with Gasteiger partial charge in [0.2, 0.25) is 0 Å². The van der Waals surface area contributed by atoms with Gasteiger partial charge in [-0.25, -0.2) is 17.2 Å². The van der Waals surface area contributed by atoms with Crippen LogP contribution in [0.4, 0.5) is 20.2 Å². The van der Waals surface area contributed by atoms with Gasteiger partial charge in [-0.2, -0.15) is 0 Å². The molecule has 112 valence electrons. The Labute approximate surface area is 125 Å². The average Bonchev–Trinajstić information content (AvgIpc) is 2.37. The first-order chi connectivity index (χ1) is 9.70. The summed E-state index contributed by atoms with van der Waals surface area (Å²) in [4.78, 5) is -0.352. The van der Waals surface area contributed by atoms with E-state index in [1.165, 1.54) is 19.1 Å². The molecule has 0 heterocycles. The molecule has 0 amide bonds. The first-order valence-corrected chi connectivity index (χ1v) is 7.60. The van der Waals surface area contributed by atoms with Gasteiger partial charge in [0.05, 0.1) is 10.6 Å². The molecule has 0 saturated heterocycles. The molecule has 21 heavy (non-hydrogen) atoms. The highest BCUT2D eigenvalue weighted by Gasteiger charge is 2.21. The summed E-state index contributed by atoms with van der Waals surface area (Å²) in [7, 11) is -4.18. The lowest BCUT2D eigenvalue weighted by Gasteiger charge is -2.12. The van der Waals surface area contributed by atoms with Crippen molar-refractivity contribution < 1.29 is 17.2 Å². The van der Waals surface area contributed by atoms with Gasteiger partial charge in [-0.15, -0.1) is 0 Å². The third-order valence-electron chi connectivity index (χ3n) is 2.78. The molecule has 0 saturated carbocycles. The minimum Gasteiger partial charge on any atom is -0.399 e. The number of nitrogens with one attached hydrogen (secondary N) is 1. The van der Waals surface area contributed by atoms with Crippen molar-refractivity contribution in [3.8, 4) is 0 Å². The van der Waals surface area contributed by atoms with Crippen molar-refractivity contribution in [2.45, 2.75) is 11.8 Å². The van der Waals surface area contributed by atoms with E-state index in [1.807, 2.05) is 4.72 Å². The van der Waals surface area contributed by atoms with Gasteiger partial charge in [-0.3, -0.25) is 4.72 Å². The fourth-order valence-electron chi connectivity index (χ4n) is 1.72. The highest BCUT2D eigenvalue weighted by Crippen LogP contribution is 2.26. The number of benzene rings is 2. The molecule has 0 aliphatic rings. The van der Waals surface area contributed by atoms with Gasteiger partial charge >= 0.3 is 0 Å². The zero-order chi connectivity index (χ0) is 15.8. The number of hydrogen-bond donors (Lipinski definition) is 2. The summed E-state index contributed by atoms with van der Waals surface area (Å²) in [5, 5.41) is 0.127. The van der Waals surface area contributed by atoms with E-state index < -0.39 is 21.7 Å². The molecule has 0 aliphatic heterocycles. The third kappa shape index (κ3) is 3.25. The second-order valence-corrected chi connectivity index (χ2v) is 6.44. The van der Waals surface area contributed by atoms with E-state index in [0.29, 0.717) is 0 Å². The van der Waals surface area contributed by atoms with Crippen molar-refractivity contribution in [3.63, 3.8) is 0 Å². The number of nitrogen functional groups attached to an aromatic ring is 1. The van der Waals surface area contributed by atoms with Gasteiger partial charge in [0.25, 0.3) is 10.0 Å². The first-order valence-electron chi connectivity index (χ1n) is 5.74. The summed E-state index contributed by atoms with van der Waals surface area (Å²) < 4.78 is 53.7. The van der Waals surface area contributed by atoms with Crippen LogP contribution in [0.5, 0.6) is 0 Å². The minimum absolute atomic E-state index is 0.0462. The Hall–Kier alpha value is -1.86. The molecule has 3 N–H and O–H groups in total. The summed E-state index contributed by atoms with van der Waals surface area (Å²) in [5.74, 6) is -1.60. The van der Waals surface area contributed by atoms with E-state index in [1.54, 1.807) is 0 Å². The molecule has 0 fully saturated rings. The lowest BCUT2D eigenvalue weighted by molar-refractivity contribution is 0.589. The largest absolute Gasteiger partial charge is 0.399 e. The number of sulfonamides is 1. The molecule has 2 aromatic carbocycles. The maximum atomic E-state index is 13.6. The van der Waals surface area contributed by atoms with E-state index in [0.717, 1.165) is 18.2 Å². The zero-order valence-corrected chi connectivity index (χ0v) is 12.4. The fourth-order valence-corrected chi connectivity index (χ4v) is 3.24. The number of nitrogens with two attached hydrogens (primary N) is 1. The molecule has 0 bridgehead atoms. The van der Waals surface area contributed by atoms with Crippen LogP contribution in [0.25, 0.3) is 0 Å². The SMILES string of the molecule is Cc1c(F)cc(N)cc1S(=O)(=O)Nc1ccc(Cl)cc1F. The lowest BCUT2D eigenvalue weighted by Crippen LogP contribution is -2.16. The second-order valence-electron chi connectivity index (χ2n) is 4.36. The zero-order valence-electron chi connectivity index (χ0n) is 10.8.